The Kier molecular flexibility index (Phi) is 6.98. The number of ether oxygens (including phenoxy) is 3. The Morgan fingerprint density at radius 3 is 2.50 bits per heavy atom. The zero-order valence-corrected chi connectivity index (χ0v) is 22.9. The number of pyridine rings is 1. The van der Waals surface area contributed by atoms with Crippen LogP contribution in [0.25, 0.3) is 0 Å². The third-order valence-corrected chi connectivity index (χ3v) is 7.46. The maximum atomic E-state index is 14.0. The molecule has 2 amide bonds. The van der Waals surface area contributed by atoms with Crippen molar-refractivity contribution in [2.45, 2.75) is 58.2 Å². The van der Waals surface area contributed by atoms with Gasteiger partial charge in [-0.3, -0.25) is 9.59 Å². The van der Waals surface area contributed by atoms with Gasteiger partial charge in [0.25, 0.3) is 5.91 Å². The summed E-state index contributed by atoms with van der Waals surface area (Å²) in [5, 5.41) is 0.0555. The number of nitrogens with zero attached hydrogens (tertiary/aromatic N) is 4. The molecule has 0 bridgehead atoms. The molecule has 4 heterocycles. The molecule has 2 saturated heterocycles. The lowest BCUT2D eigenvalue weighted by Crippen LogP contribution is -2.58. The van der Waals surface area contributed by atoms with Crippen LogP contribution in [0, 0.1) is 5.92 Å². The first-order chi connectivity index (χ1) is 16.7. The van der Waals surface area contributed by atoms with Crippen LogP contribution < -0.4 is 9.64 Å². The number of aromatic nitrogens is 1. The normalized spacial score (nSPS) is 23.4. The Labute approximate surface area is 220 Å². The molecule has 12 heteroatoms. The van der Waals surface area contributed by atoms with Gasteiger partial charge in [0, 0.05) is 31.7 Å². The van der Waals surface area contributed by atoms with Crippen molar-refractivity contribution in [1.82, 2.24) is 14.8 Å². The predicted octanol–water partition coefficient (Wildman–Crippen LogP) is 3.62. The van der Waals surface area contributed by atoms with Gasteiger partial charge in [-0.25, -0.2) is 9.78 Å². The van der Waals surface area contributed by atoms with E-state index in [0.29, 0.717) is 31.9 Å². The fourth-order valence-corrected chi connectivity index (χ4v) is 5.41. The first kappa shape index (κ1) is 26.6. The molecule has 2 fully saturated rings. The zero-order valence-electron chi connectivity index (χ0n) is 21.4. The number of halogens is 2. The second-order valence-corrected chi connectivity index (χ2v) is 11.7. The molecule has 0 radical (unpaired) electrons. The van der Waals surface area contributed by atoms with Gasteiger partial charge in [0.15, 0.2) is 10.9 Å². The van der Waals surface area contributed by atoms with Crippen molar-refractivity contribution in [1.29, 1.82) is 0 Å². The van der Waals surface area contributed by atoms with Crippen molar-refractivity contribution in [3.63, 3.8) is 0 Å². The highest BCUT2D eigenvalue weighted by Gasteiger charge is 2.47. The van der Waals surface area contributed by atoms with Crippen molar-refractivity contribution in [3.05, 3.63) is 15.7 Å². The molecule has 198 valence electrons. The monoisotopic (exact) mass is 542 g/mol. The lowest BCUT2D eigenvalue weighted by molar-refractivity contribution is -0.144. The molecule has 0 spiro atoms. The van der Waals surface area contributed by atoms with Gasteiger partial charge in [-0.15, -0.1) is 0 Å². The number of methoxy groups -OCH3 is 1. The van der Waals surface area contributed by atoms with Crippen molar-refractivity contribution in [3.8, 4) is 5.75 Å². The van der Waals surface area contributed by atoms with Crippen LogP contribution >= 0.6 is 23.2 Å². The van der Waals surface area contributed by atoms with Crippen LogP contribution in [0.4, 0.5) is 10.6 Å². The standard InChI is InChI=1S/C24H32Cl2N4O6/c1-23(2,3)36-22(33)28-7-8-29-14(11-28)12-35-17-15(20(29)31)19(27-18(26)16(17)25)30-10-13(21(32)34-6)9-24(30,4)5/h13-14H,7-12H2,1-6H3/t13?,14-/m1/s1. The van der Waals surface area contributed by atoms with Gasteiger partial charge < -0.3 is 28.9 Å². The molecular formula is C24H32Cl2N4O6. The highest BCUT2D eigenvalue weighted by molar-refractivity contribution is 6.42. The third-order valence-electron chi connectivity index (χ3n) is 6.73. The van der Waals surface area contributed by atoms with Crippen molar-refractivity contribution in [2.24, 2.45) is 5.92 Å². The van der Waals surface area contributed by atoms with E-state index in [0.717, 1.165) is 0 Å². The topological polar surface area (TPSA) is 102 Å². The summed E-state index contributed by atoms with van der Waals surface area (Å²) in [5.74, 6) is -0.542. The number of rotatable bonds is 2. The summed E-state index contributed by atoms with van der Waals surface area (Å²) in [6.07, 6.45) is 0.0789. The van der Waals surface area contributed by atoms with Crippen LogP contribution in [0.1, 0.15) is 51.4 Å². The molecular weight excluding hydrogens is 511 g/mol. The van der Waals surface area contributed by atoms with E-state index >= 15 is 0 Å². The molecule has 36 heavy (non-hydrogen) atoms. The second kappa shape index (κ2) is 9.45. The highest BCUT2D eigenvalue weighted by Crippen LogP contribution is 2.46. The number of hydrogen-bond donors (Lipinski definition) is 0. The minimum absolute atomic E-state index is 0.00536. The quantitative estimate of drug-likeness (QED) is 0.412. The summed E-state index contributed by atoms with van der Waals surface area (Å²) in [6, 6.07) is -0.414. The maximum Gasteiger partial charge on any atom is 0.410 e. The van der Waals surface area contributed by atoms with Gasteiger partial charge in [0.05, 0.1) is 19.1 Å². The Morgan fingerprint density at radius 1 is 1.17 bits per heavy atom. The van der Waals surface area contributed by atoms with Crippen molar-refractivity contribution >= 4 is 47.0 Å². The van der Waals surface area contributed by atoms with E-state index in [2.05, 4.69) is 4.98 Å². The van der Waals surface area contributed by atoms with Gasteiger partial charge in [-0.1, -0.05) is 23.2 Å². The minimum Gasteiger partial charge on any atom is -0.489 e. The molecule has 1 aromatic rings. The molecule has 3 aliphatic rings. The van der Waals surface area contributed by atoms with Crippen LogP contribution in [0.2, 0.25) is 10.2 Å². The number of carbonyl (C=O) groups excluding carboxylic acids is 3. The molecule has 0 N–H and O–H groups in total. The largest absolute Gasteiger partial charge is 0.489 e. The molecule has 0 saturated carbocycles. The molecule has 4 rings (SSSR count). The summed E-state index contributed by atoms with van der Waals surface area (Å²) in [6.45, 7) is 10.6. The summed E-state index contributed by atoms with van der Waals surface area (Å²) in [4.78, 5) is 48.6. The van der Waals surface area contributed by atoms with E-state index in [1.54, 1.807) is 30.6 Å². The van der Waals surface area contributed by atoms with Gasteiger partial charge in [0.1, 0.15) is 28.6 Å². The SMILES string of the molecule is COC(=O)C1CN(c2nc(Cl)c(Cl)c3c2C(=O)N2CCN(C(=O)OC(C)(C)C)C[C@@H]2CO3)C(C)(C)C1. The molecule has 1 aromatic heterocycles. The lowest BCUT2D eigenvalue weighted by Gasteiger charge is -2.40. The maximum absolute atomic E-state index is 14.0. The molecule has 0 aliphatic carbocycles. The Hall–Kier alpha value is -2.46. The fraction of sp³-hybridized carbons (Fsp3) is 0.667. The number of amides is 2. The molecule has 0 aromatic carbocycles. The fourth-order valence-electron chi connectivity index (χ4n) is 5.05. The van der Waals surface area contributed by atoms with E-state index < -0.39 is 23.3 Å². The van der Waals surface area contributed by atoms with Gasteiger partial charge in [-0.2, -0.15) is 0 Å². The van der Waals surface area contributed by atoms with E-state index in [9.17, 15) is 14.4 Å². The van der Waals surface area contributed by atoms with Gasteiger partial charge in [0.2, 0.25) is 0 Å². The minimum atomic E-state index is -0.629. The van der Waals surface area contributed by atoms with Crippen LogP contribution in [-0.4, -0.2) is 89.8 Å². The highest BCUT2D eigenvalue weighted by atomic mass is 35.5. The number of carbonyl (C=O) groups is 3. The number of piperazine rings is 1. The Balaban J connectivity index is 1.68. The van der Waals surface area contributed by atoms with Crippen molar-refractivity contribution in [2.75, 3.05) is 44.8 Å². The number of fused-ring (bicyclic) bond motifs is 2. The molecule has 10 nitrogen and oxygen atoms in total. The summed E-state index contributed by atoms with van der Waals surface area (Å²) in [7, 11) is 1.36. The number of anilines is 1. The van der Waals surface area contributed by atoms with E-state index in [-0.39, 0.29) is 52.4 Å². The second-order valence-electron chi connectivity index (χ2n) is 11.0. The Bertz CT molecular complexity index is 1090. The average Bonchev–Trinajstić information content (AvgIpc) is 3.03. The van der Waals surface area contributed by atoms with Crippen LogP contribution in [0.5, 0.6) is 5.75 Å². The lowest BCUT2D eigenvalue weighted by atomic mass is 9.96. The summed E-state index contributed by atoms with van der Waals surface area (Å²) in [5.41, 5.74) is -0.940. The molecule has 1 unspecified atom stereocenters. The number of hydrogen-bond acceptors (Lipinski definition) is 8. The van der Waals surface area contributed by atoms with Gasteiger partial charge in [-0.05, 0) is 41.0 Å². The predicted molar refractivity (Wildman–Crippen MR) is 134 cm³/mol. The Morgan fingerprint density at radius 2 is 1.86 bits per heavy atom. The van der Waals surface area contributed by atoms with E-state index in [1.165, 1.54) is 7.11 Å². The number of esters is 1. The smallest absolute Gasteiger partial charge is 0.410 e. The molecule has 3 aliphatic heterocycles. The first-order valence-electron chi connectivity index (χ1n) is 11.9. The van der Waals surface area contributed by atoms with E-state index in [4.69, 9.17) is 37.4 Å². The van der Waals surface area contributed by atoms with Gasteiger partial charge >= 0.3 is 12.1 Å². The third kappa shape index (κ3) is 4.89. The summed E-state index contributed by atoms with van der Waals surface area (Å²) >= 11 is 12.9. The average molecular weight is 543 g/mol. The molecule has 2 atom stereocenters. The van der Waals surface area contributed by atoms with Crippen molar-refractivity contribution < 1.29 is 28.6 Å². The summed E-state index contributed by atoms with van der Waals surface area (Å²) < 4.78 is 16.5. The zero-order chi connectivity index (χ0) is 26.6. The van der Waals surface area contributed by atoms with E-state index in [1.807, 2.05) is 18.7 Å². The first-order valence-corrected chi connectivity index (χ1v) is 12.6. The van der Waals surface area contributed by atoms with Crippen LogP contribution in [0.3, 0.4) is 0 Å². The van der Waals surface area contributed by atoms with Crippen LogP contribution in [0.15, 0.2) is 0 Å². The van der Waals surface area contributed by atoms with Crippen LogP contribution in [-0.2, 0) is 14.3 Å².